The van der Waals surface area contributed by atoms with Crippen molar-refractivity contribution >= 4 is 34.3 Å². The third-order valence-corrected chi connectivity index (χ3v) is 4.92. The minimum absolute atomic E-state index is 0.119. The van der Waals surface area contributed by atoms with E-state index in [4.69, 9.17) is 21.7 Å². The van der Waals surface area contributed by atoms with E-state index in [9.17, 15) is 10.1 Å². The Hall–Kier alpha value is -3.10. The van der Waals surface area contributed by atoms with Crippen molar-refractivity contribution in [3.8, 4) is 11.8 Å². The first kappa shape index (κ1) is 16.4. The second-order valence-corrected chi connectivity index (χ2v) is 6.62. The fraction of sp³-hybridized carbons (Fsp3) is 0.150. The summed E-state index contributed by atoms with van der Waals surface area (Å²) in [5, 5.41) is 19.2. The van der Waals surface area contributed by atoms with Gasteiger partial charge in [-0.1, -0.05) is 35.9 Å². The Balaban J connectivity index is 2.09. The van der Waals surface area contributed by atoms with Crippen molar-refractivity contribution in [2.24, 2.45) is 5.92 Å². The van der Waals surface area contributed by atoms with E-state index in [1.54, 1.807) is 16.7 Å². The summed E-state index contributed by atoms with van der Waals surface area (Å²) in [6, 6.07) is 16.7. The summed E-state index contributed by atoms with van der Waals surface area (Å²) in [6.07, 6.45) is 0. The Kier molecular flexibility index (Phi) is 3.78. The Morgan fingerprint density at radius 3 is 2.58 bits per heavy atom. The third kappa shape index (κ3) is 2.31. The van der Waals surface area contributed by atoms with Crippen molar-refractivity contribution in [1.82, 2.24) is 4.57 Å². The first-order chi connectivity index (χ1) is 12.5. The van der Waals surface area contributed by atoms with Crippen LogP contribution in [0.3, 0.4) is 0 Å². The van der Waals surface area contributed by atoms with E-state index in [0.29, 0.717) is 22.0 Å². The van der Waals surface area contributed by atoms with Crippen LogP contribution < -0.4 is 4.74 Å². The topological polar surface area (TPSA) is 78.9 Å². The molecule has 26 heavy (non-hydrogen) atoms. The number of nitrogens with zero attached hydrogens (tertiary/aromatic N) is 2. The van der Waals surface area contributed by atoms with E-state index in [1.807, 2.05) is 36.4 Å². The molecule has 1 aliphatic heterocycles. The Labute approximate surface area is 154 Å². The van der Waals surface area contributed by atoms with Crippen molar-refractivity contribution in [2.45, 2.75) is 12.8 Å². The van der Waals surface area contributed by atoms with Crippen molar-refractivity contribution in [3.05, 3.63) is 64.8 Å². The quantitative estimate of drug-likeness (QED) is 0.686. The molecule has 3 aromatic rings. The molecule has 2 aromatic carbocycles. The van der Waals surface area contributed by atoms with Gasteiger partial charge in [0.05, 0.1) is 23.2 Å². The van der Waals surface area contributed by atoms with Crippen LogP contribution in [0.4, 0.5) is 0 Å². The second kappa shape index (κ2) is 6.01. The molecular formula is C20H14ClN3O2. The summed E-state index contributed by atoms with van der Waals surface area (Å²) >= 11 is 6.00. The van der Waals surface area contributed by atoms with Crippen molar-refractivity contribution < 1.29 is 9.53 Å². The normalized spacial score (nSPS) is 18.9. The smallest absolute Gasteiger partial charge is 0.228 e. The van der Waals surface area contributed by atoms with Crippen LogP contribution in [0.2, 0.25) is 5.02 Å². The molecule has 0 aliphatic carbocycles. The number of carbonyl (C=O) groups is 1. The number of benzene rings is 2. The maximum Gasteiger partial charge on any atom is 0.228 e. The zero-order valence-electron chi connectivity index (χ0n) is 13.9. The van der Waals surface area contributed by atoms with Crippen LogP contribution in [0.15, 0.2) is 48.5 Å². The lowest BCUT2D eigenvalue weighted by Gasteiger charge is -2.29. The number of para-hydroxylation sites is 1. The van der Waals surface area contributed by atoms with Crippen LogP contribution in [0.1, 0.15) is 28.9 Å². The van der Waals surface area contributed by atoms with Gasteiger partial charge >= 0.3 is 0 Å². The number of hydrogen-bond donors (Lipinski definition) is 1. The van der Waals surface area contributed by atoms with Gasteiger partial charge in [0, 0.05) is 17.3 Å². The summed E-state index contributed by atoms with van der Waals surface area (Å²) < 4.78 is 7.30. The van der Waals surface area contributed by atoms with Gasteiger partial charge in [0.25, 0.3) is 0 Å². The number of rotatable bonds is 1. The van der Waals surface area contributed by atoms with Crippen LogP contribution >= 0.6 is 11.6 Å². The SMILES string of the molecule is CC(=O)n1c2c(c3ccccc31)OC(=N)C(C#N)C2c1ccc(Cl)cc1. The molecule has 128 valence electrons. The number of hydrogen-bond acceptors (Lipinski definition) is 4. The fourth-order valence-corrected chi connectivity index (χ4v) is 3.72. The van der Waals surface area contributed by atoms with Gasteiger partial charge in [-0.05, 0) is 29.8 Å². The lowest BCUT2D eigenvalue weighted by atomic mass is 9.82. The summed E-state index contributed by atoms with van der Waals surface area (Å²) in [5.41, 5.74) is 2.11. The van der Waals surface area contributed by atoms with Gasteiger partial charge in [-0.25, -0.2) is 0 Å². The van der Waals surface area contributed by atoms with Gasteiger partial charge in [0.1, 0.15) is 5.92 Å². The van der Waals surface area contributed by atoms with Gasteiger partial charge < -0.3 is 4.74 Å². The predicted octanol–water partition coefficient (Wildman–Crippen LogP) is 4.60. The van der Waals surface area contributed by atoms with E-state index in [1.165, 1.54) is 6.92 Å². The largest absolute Gasteiger partial charge is 0.440 e. The van der Waals surface area contributed by atoms with Gasteiger partial charge in [-0.2, -0.15) is 5.26 Å². The number of nitriles is 1. The molecule has 0 fully saturated rings. The monoisotopic (exact) mass is 363 g/mol. The van der Waals surface area contributed by atoms with Gasteiger partial charge in [-0.15, -0.1) is 0 Å². The molecule has 0 bridgehead atoms. The van der Waals surface area contributed by atoms with Gasteiger partial charge in [0.15, 0.2) is 5.75 Å². The van der Waals surface area contributed by atoms with E-state index in [-0.39, 0.29) is 11.8 Å². The number of halogens is 1. The van der Waals surface area contributed by atoms with Crippen molar-refractivity contribution in [1.29, 1.82) is 10.7 Å². The van der Waals surface area contributed by atoms with E-state index in [0.717, 1.165) is 10.9 Å². The average molecular weight is 364 g/mol. The zero-order valence-corrected chi connectivity index (χ0v) is 14.6. The Morgan fingerprint density at radius 2 is 1.92 bits per heavy atom. The molecule has 2 unspecified atom stereocenters. The highest BCUT2D eigenvalue weighted by Gasteiger charge is 2.41. The zero-order chi connectivity index (χ0) is 18.4. The van der Waals surface area contributed by atoms with Crippen molar-refractivity contribution in [2.75, 3.05) is 0 Å². The minimum atomic E-state index is -0.828. The highest BCUT2D eigenvalue weighted by Crippen LogP contribution is 2.47. The lowest BCUT2D eigenvalue weighted by molar-refractivity contribution is 0.0936. The van der Waals surface area contributed by atoms with Gasteiger partial charge in [-0.3, -0.25) is 14.8 Å². The number of carbonyl (C=O) groups excluding carboxylic acids is 1. The van der Waals surface area contributed by atoms with Crippen LogP contribution in [-0.4, -0.2) is 16.4 Å². The maximum absolute atomic E-state index is 12.4. The Morgan fingerprint density at radius 1 is 1.23 bits per heavy atom. The molecule has 4 rings (SSSR count). The standard InChI is InChI=1S/C20H14ClN3O2/c1-11(25)24-16-5-3-2-4-14(16)19-18(24)17(15(10-22)20(23)26-19)12-6-8-13(21)9-7-12/h2-9,15,17,23H,1H3. The minimum Gasteiger partial charge on any atom is -0.440 e. The highest BCUT2D eigenvalue weighted by molar-refractivity contribution is 6.30. The molecule has 0 saturated carbocycles. The van der Waals surface area contributed by atoms with Crippen LogP contribution in [0.5, 0.6) is 5.75 Å². The molecule has 1 aromatic heterocycles. The fourth-order valence-electron chi connectivity index (χ4n) is 3.59. The van der Waals surface area contributed by atoms with Crippen LogP contribution in [-0.2, 0) is 0 Å². The molecule has 2 heterocycles. The van der Waals surface area contributed by atoms with E-state index < -0.39 is 11.8 Å². The predicted molar refractivity (Wildman–Crippen MR) is 99.0 cm³/mol. The molecule has 6 heteroatoms. The molecule has 0 amide bonds. The summed E-state index contributed by atoms with van der Waals surface area (Å²) in [5.74, 6) is -1.15. The average Bonchev–Trinajstić information content (AvgIpc) is 2.95. The molecule has 1 aliphatic rings. The number of fused-ring (bicyclic) bond motifs is 3. The van der Waals surface area contributed by atoms with Crippen molar-refractivity contribution in [3.63, 3.8) is 0 Å². The first-order valence-corrected chi connectivity index (χ1v) is 8.46. The Bertz CT molecular complexity index is 1090. The molecule has 0 radical (unpaired) electrons. The van der Waals surface area contributed by atoms with E-state index in [2.05, 4.69) is 6.07 Å². The first-order valence-electron chi connectivity index (χ1n) is 8.08. The maximum atomic E-state index is 12.4. The summed E-state index contributed by atoms with van der Waals surface area (Å²) in [7, 11) is 0. The lowest BCUT2D eigenvalue weighted by Crippen LogP contribution is -2.32. The molecular weight excluding hydrogens is 350 g/mol. The third-order valence-electron chi connectivity index (χ3n) is 4.67. The van der Waals surface area contributed by atoms with Crippen LogP contribution in [0.25, 0.3) is 10.9 Å². The molecule has 5 nitrogen and oxygen atoms in total. The molecule has 2 atom stereocenters. The molecule has 1 N–H and O–H groups in total. The van der Waals surface area contributed by atoms with E-state index >= 15 is 0 Å². The molecule has 0 spiro atoms. The van der Waals surface area contributed by atoms with Crippen LogP contribution in [0, 0.1) is 22.7 Å². The van der Waals surface area contributed by atoms with Gasteiger partial charge in [0.2, 0.25) is 11.8 Å². The number of nitrogens with one attached hydrogen (secondary N) is 1. The number of ether oxygens (including phenoxy) is 1. The summed E-state index contributed by atoms with van der Waals surface area (Å²) in [6.45, 7) is 1.48. The second-order valence-electron chi connectivity index (χ2n) is 6.19. The number of aromatic nitrogens is 1. The highest BCUT2D eigenvalue weighted by atomic mass is 35.5. The summed E-state index contributed by atoms with van der Waals surface area (Å²) in [4.78, 5) is 12.4. The molecule has 0 saturated heterocycles.